The number of ketones is 2. The predicted octanol–water partition coefficient (Wildman–Crippen LogP) is -14.6. The fourth-order valence-electron chi connectivity index (χ4n) is 15.7. The molecule has 9 aliphatic rings. The second kappa shape index (κ2) is 31.7. The minimum atomic E-state index is -5.78. The van der Waals surface area contributed by atoms with Gasteiger partial charge in [0.25, 0.3) is 0 Å². The van der Waals surface area contributed by atoms with Crippen molar-refractivity contribution in [3.8, 4) is 0 Å². The molecule has 2 saturated carbocycles. The molecule has 5 heterocycles. The van der Waals surface area contributed by atoms with Gasteiger partial charge >= 0.3 is 88.7 Å². The van der Waals surface area contributed by atoms with Crippen molar-refractivity contribution in [1.29, 1.82) is 0 Å². The van der Waals surface area contributed by atoms with Gasteiger partial charge in [0.05, 0.1) is 44.7 Å². The van der Waals surface area contributed by atoms with E-state index < -0.39 is 239 Å². The van der Waals surface area contributed by atoms with Crippen molar-refractivity contribution in [2.24, 2.45) is 33.5 Å². The maximum Gasteiger partial charge on any atom is 1.00 e. The number of fused-ring (bicyclic) bond motifs is 4. The molecule has 0 aromatic heterocycles. The molecule has 9 rings (SSSR count). The second-order valence-corrected chi connectivity index (χ2v) is 29.4. The molecule has 0 aromatic rings. The minimum absolute atomic E-state index is 0. The molecule has 524 valence electrons. The van der Waals surface area contributed by atoms with Crippen LogP contribution in [0.1, 0.15) is 87.0 Å². The van der Waals surface area contributed by atoms with Gasteiger partial charge in [-0.05, 0) is 73.7 Å². The first-order valence-corrected chi connectivity index (χ1v) is 33.5. The van der Waals surface area contributed by atoms with Crippen LogP contribution in [0, 0.1) is 33.5 Å². The Bertz CT molecular complexity index is 3030. The van der Waals surface area contributed by atoms with Crippen molar-refractivity contribution in [1.82, 2.24) is 0 Å². The van der Waals surface area contributed by atoms with Crippen molar-refractivity contribution in [3.63, 3.8) is 0 Å². The van der Waals surface area contributed by atoms with E-state index in [9.17, 15) is 99.6 Å². The first kappa shape index (κ1) is 83.8. The van der Waals surface area contributed by atoms with Gasteiger partial charge in [0.2, 0.25) is 31.2 Å². The van der Waals surface area contributed by atoms with Gasteiger partial charge < -0.3 is 117 Å². The average molecular weight is 1440 g/mol. The largest absolute Gasteiger partial charge is 1.00 e. The Balaban J connectivity index is 0.00000467. The molecule has 1 unspecified atom stereocenters. The van der Waals surface area contributed by atoms with Crippen LogP contribution < -0.4 is 88.7 Å². The van der Waals surface area contributed by atoms with Crippen molar-refractivity contribution in [3.05, 3.63) is 11.1 Å². The van der Waals surface area contributed by atoms with Crippen molar-refractivity contribution in [2.75, 3.05) is 33.5 Å². The summed E-state index contributed by atoms with van der Waals surface area (Å²) in [5.41, 5.74) is -2.22. The SMILES string of the molecule is CO[C@@H]1[C@@H](O)[C@H](O[C@@H]2[C@@H](O)[C@H](O[C@H]3[C@H](O)[C@@H](O[C@@H]4OC[C@@H](O)[C@H](O)[C@H]4O)[C@H](O[C@H]4[C@H](O[C@H]5CC[C@]6(C)C7=C(C(=O)CC6C5(C)C)[C@]5(C)CC[C@H](C(C)=O)[C@@]5(C)C[C@H]7O)OC[C@@H](O)[C@@H]4OS(=O)(=O)[O-])O[C@@H]3C)O[C@H](COS(=O)(=O)[O-])[C@H]2O)O[C@H](COS(=O)(=O)[O-])[C@H]1O.[Na+].[Na+].[Na+]. The molecule has 7 fully saturated rings. The van der Waals surface area contributed by atoms with E-state index in [1.54, 1.807) is 0 Å². The molecule has 35 nitrogen and oxygen atoms in total. The normalized spacial score (nSPS) is 46.6. The van der Waals surface area contributed by atoms with Gasteiger partial charge in [0.15, 0.2) is 37.2 Å². The van der Waals surface area contributed by atoms with Crippen LogP contribution in [0.4, 0.5) is 0 Å². The molecule has 5 aliphatic heterocycles. The van der Waals surface area contributed by atoms with Gasteiger partial charge in [-0.2, -0.15) is 0 Å². The van der Waals surface area contributed by atoms with Crippen molar-refractivity contribution < 1.29 is 253 Å². The monoisotopic (exact) mass is 1440 g/mol. The molecule has 41 heteroatoms. The number of hydrogen-bond donors (Lipinski definition) is 10. The van der Waals surface area contributed by atoms with Crippen LogP contribution in [-0.4, -0.2) is 289 Å². The number of hydrogen-bond acceptors (Lipinski definition) is 35. The Kier molecular flexibility index (Phi) is 28.2. The summed E-state index contributed by atoms with van der Waals surface area (Å²) in [4.78, 5) is 27.8. The van der Waals surface area contributed by atoms with E-state index in [2.05, 4.69) is 8.37 Å². The van der Waals surface area contributed by atoms with Gasteiger partial charge in [-0.25, -0.2) is 25.3 Å². The molecule has 0 radical (unpaired) electrons. The third-order valence-corrected chi connectivity index (χ3v) is 21.9. The summed E-state index contributed by atoms with van der Waals surface area (Å²) < 4.78 is 185. The summed E-state index contributed by atoms with van der Waals surface area (Å²) >= 11 is 0. The van der Waals surface area contributed by atoms with E-state index in [0.717, 1.165) is 7.11 Å². The number of methoxy groups -OCH3 is 1. The molecule has 5 saturated heterocycles. The number of rotatable bonds is 20. The number of ether oxygens (including phenoxy) is 11. The van der Waals surface area contributed by atoms with Gasteiger partial charge in [0.1, 0.15) is 110 Å². The average Bonchev–Trinajstić information content (AvgIpc) is 1.25. The van der Waals surface area contributed by atoms with E-state index in [-0.39, 0.29) is 125 Å². The summed E-state index contributed by atoms with van der Waals surface area (Å²) in [5, 5.41) is 114. The molecule has 30 atom stereocenters. The number of Topliss-reactive ketones (excluding diaryl/α,β-unsaturated/α-hetero) is 2. The first-order valence-electron chi connectivity index (χ1n) is 29.5. The zero-order valence-corrected chi connectivity index (χ0v) is 62.0. The molecule has 0 bridgehead atoms. The van der Waals surface area contributed by atoms with Crippen LogP contribution >= 0.6 is 0 Å². The van der Waals surface area contributed by atoms with Crippen LogP contribution in [0.5, 0.6) is 0 Å². The molecule has 0 spiro atoms. The Hall–Kier alpha value is 0.850. The maximum absolute atomic E-state index is 14.8. The van der Waals surface area contributed by atoms with E-state index in [4.69, 9.17) is 56.3 Å². The van der Waals surface area contributed by atoms with Crippen LogP contribution in [0.2, 0.25) is 0 Å². The van der Waals surface area contributed by atoms with Gasteiger partial charge in [-0.3, -0.25) is 22.1 Å². The van der Waals surface area contributed by atoms with Crippen LogP contribution in [0.15, 0.2) is 11.1 Å². The summed E-state index contributed by atoms with van der Waals surface area (Å²) in [6.07, 6.45) is -47.9. The quantitative estimate of drug-likeness (QED) is 0.0307. The molecule has 0 amide bonds. The minimum Gasteiger partial charge on any atom is -0.726 e. The third-order valence-electron chi connectivity index (χ3n) is 20.5. The molecule has 94 heavy (non-hydrogen) atoms. The van der Waals surface area contributed by atoms with Crippen molar-refractivity contribution in [2.45, 2.75) is 241 Å². The molecule has 0 aromatic carbocycles. The fraction of sp³-hybridized carbons (Fsp3) is 0.925. The number of carbonyl (C=O) groups excluding carboxylic acids is 2. The summed E-state index contributed by atoms with van der Waals surface area (Å²) in [6, 6.07) is 0. The van der Waals surface area contributed by atoms with E-state index in [0.29, 0.717) is 30.4 Å². The molecule has 10 N–H and O–H groups in total. The standard InChI is InChI=1S/C53H84O35S3.3Na/c1-19(54)21-9-12-52(6)31-22(55)13-28-50(3,4)29(10-11-51(28,5)30(31)23(56)14-53(21,52)7)83-48-44(40(25(58)16-77-48)88-91(72,73)74)87-49-43(86-45-35(62)32(59)24(57)15-76-45)36(63)39(20(2)80-49)84-47-38(65)42(34(61)27(82-47)18-79-90(69,70)71)85-46-37(64)41(75-8)33(60)26(81-46)17-78-89(66,67)68;;;/h20-21,23-29,32-49,56-65H,9-18H2,1-8H3,(H,66,67,68)(H,69,70,71)(H,72,73,74);;;/q;3*+1/p-3/t20-,21-,23-,24-,25-,26-,27-,28?,29+,32+,33-,34-,35-,36+,37-,38-,39-,40+,41+,42+,43-,44-,45+,46+,47+,48+,49+,51+,52+,53-;;;/m1.../s1. The maximum atomic E-state index is 14.8. The van der Waals surface area contributed by atoms with Crippen LogP contribution in [-0.2, 0) is 105 Å². The van der Waals surface area contributed by atoms with E-state index >= 15 is 0 Å². The number of carbonyl (C=O) groups is 2. The predicted molar refractivity (Wildman–Crippen MR) is 288 cm³/mol. The summed E-state index contributed by atoms with van der Waals surface area (Å²) in [6.45, 7) is 8.20. The fourth-order valence-corrected chi connectivity index (χ4v) is 16.9. The zero-order valence-electron chi connectivity index (χ0n) is 53.6. The van der Waals surface area contributed by atoms with E-state index in [1.165, 1.54) is 13.8 Å². The smallest absolute Gasteiger partial charge is 0.726 e. The topological polar surface area (TPSA) is 537 Å². The zero-order chi connectivity index (χ0) is 67.4. The summed E-state index contributed by atoms with van der Waals surface area (Å²) in [7, 11) is -15.8. The van der Waals surface area contributed by atoms with Gasteiger partial charge in [0, 0.05) is 30.4 Å². The molecular formula is C53H81Na3O35S3. The first-order chi connectivity index (χ1) is 42.1. The Morgan fingerprint density at radius 1 is 0.574 bits per heavy atom. The second-order valence-electron chi connectivity index (χ2n) is 26.3. The van der Waals surface area contributed by atoms with Gasteiger partial charge in [-0.1, -0.05) is 34.6 Å². The molecule has 4 aliphatic carbocycles. The van der Waals surface area contributed by atoms with Crippen LogP contribution in [0.3, 0.4) is 0 Å². The number of allylic oxidation sites excluding steroid dienone is 1. The third kappa shape index (κ3) is 16.8. The Labute approximate surface area is 609 Å². The Morgan fingerprint density at radius 2 is 1.10 bits per heavy atom. The number of aliphatic hydroxyl groups excluding tert-OH is 10. The van der Waals surface area contributed by atoms with Crippen LogP contribution in [0.25, 0.3) is 0 Å². The van der Waals surface area contributed by atoms with Gasteiger partial charge in [-0.15, -0.1) is 0 Å². The number of aliphatic hydroxyl groups is 10. The summed E-state index contributed by atoms with van der Waals surface area (Å²) in [5.74, 6) is -1.18. The molecular weight excluding hydrogens is 1360 g/mol. The van der Waals surface area contributed by atoms with Crippen molar-refractivity contribution >= 4 is 42.8 Å². The van der Waals surface area contributed by atoms with E-state index in [1.807, 2.05) is 34.6 Å². The Morgan fingerprint density at radius 3 is 1.65 bits per heavy atom.